The summed E-state index contributed by atoms with van der Waals surface area (Å²) >= 11 is 11.4. The summed E-state index contributed by atoms with van der Waals surface area (Å²) in [4.78, 5) is 0. The quantitative estimate of drug-likeness (QED) is 0.672. The van der Waals surface area contributed by atoms with E-state index in [4.69, 9.17) is 38.0 Å². The van der Waals surface area contributed by atoms with E-state index in [2.05, 4.69) is 10.2 Å². The molecule has 0 spiro atoms. The molecule has 0 saturated heterocycles. The largest absolute Gasteiger partial charge is 0.493 e. The molecule has 0 aliphatic heterocycles. The summed E-state index contributed by atoms with van der Waals surface area (Å²) in [5.41, 5.74) is 1.60. The molecule has 0 saturated carbocycles. The highest BCUT2D eigenvalue weighted by atomic mass is 35.5. The molecule has 8 heteroatoms. The van der Waals surface area contributed by atoms with E-state index < -0.39 is 0 Å². The van der Waals surface area contributed by atoms with Crippen molar-refractivity contribution in [3.63, 3.8) is 0 Å². The van der Waals surface area contributed by atoms with Crippen LogP contribution in [0.25, 0.3) is 17.1 Å². The standard InChI is InChI=1S/C17H16ClN3O3S/c1-22-13-8-10(9-14(23-2)15(13)24-3)16-19-20-17(25)21(16)12-6-4-11(18)5-7-12/h4-9H,1-3H3,(H,20,25). The van der Waals surface area contributed by atoms with Gasteiger partial charge in [-0.3, -0.25) is 9.67 Å². The lowest BCUT2D eigenvalue weighted by molar-refractivity contribution is 0.324. The molecule has 25 heavy (non-hydrogen) atoms. The summed E-state index contributed by atoms with van der Waals surface area (Å²) in [6.45, 7) is 0. The number of nitrogens with zero attached hydrogens (tertiary/aromatic N) is 2. The van der Waals surface area contributed by atoms with E-state index >= 15 is 0 Å². The third-order valence-corrected chi connectivity index (χ3v) is 4.21. The fraction of sp³-hybridized carbons (Fsp3) is 0.176. The maximum Gasteiger partial charge on any atom is 0.203 e. The predicted octanol–water partition coefficient (Wildman–Crippen LogP) is 4.28. The van der Waals surface area contributed by atoms with Gasteiger partial charge < -0.3 is 14.2 Å². The van der Waals surface area contributed by atoms with Gasteiger partial charge in [0.05, 0.1) is 27.0 Å². The summed E-state index contributed by atoms with van der Waals surface area (Å²) in [5.74, 6) is 2.20. The van der Waals surface area contributed by atoms with Crippen LogP contribution in [0.15, 0.2) is 36.4 Å². The molecule has 0 atom stereocenters. The Morgan fingerprint density at radius 3 is 2.12 bits per heavy atom. The Kier molecular flexibility index (Phi) is 4.96. The zero-order valence-electron chi connectivity index (χ0n) is 13.9. The van der Waals surface area contributed by atoms with E-state index in [-0.39, 0.29) is 0 Å². The Bertz CT molecular complexity index is 926. The second-order valence-electron chi connectivity index (χ2n) is 5.08. The molecule has 6 nitrogen and oxygen atoms in total. The van der Waals surface area contributed by atoms with E-state index in [1.807, 2.05) is 28.8 Å². The van der Waals surface area contributed by atoms with E-state index in [0.717, 1.165) is 11.3 Å². The molecule has 3 rings (SSSR count). The molecular formula is C17H16ClN3O3S. The number of H-pyrrole nitrogens is 1. The predicted molar refractivity (Wildman–Crippen MR) is 98.9 cm³/mol. The number of aromatic amines is 1. The first-order chi connectivity index (χ1) is 12.1. The van der Waals surface area contributed by atoms with Gasteiger partial charge in [-0.25, -0.2) is 0 Å². The summed E-state index contributed by atoms with van der Waals surface area (Å²) in [6, 6.07) is 11.0. The van der Waals surface area contributed by atoms with Crippen molar-refractivity contribution in [1.29, 1.82) is 0 Å². The van der Waals surface area contributed by atoms with Crippen LogP contribution in [0.2, 0.25) is 5.02 Å². The number of hydrogen-bond acceptors (Lipinski definition) is 5. The van der Waals surface area contributed by atoms with Gasteiger partial charge in [-0.1, -0.05) is 11.6 Å². The van der Waals surface area contributed by atoms with E-state index in [1.165, 1.54) is 0 Å². The highest BCUT2D eigenvalue weighted by molar-refractivity contribution is 7.71. The van der Waals surface area contributed by atoms with Gasteiger partial charge in [0, 0.05) is 10.6 Å². The number of ether oxygens (including phenoxy) is 3. The molecule has 0 amide bonds. The lowest BCUT2D eigenvalue weighted by Gasteiger charge is -2.14. The van der Waals surface area contributed by atoms with Crippen LogP contribution in [-0.4, -0.2) is 36.1 Å². The number of rotatable bonds is 5. The average molecular weight is 378 g/mol. The van der Waals surface area contributed by atoms with Crippen molar-refractivity contribution in [2.24, 2.45) is 0 Å². The third kappa shape index (κ3) is 3.20. The molecular weight excluding hydrogens is 362 g/mol. The highest BCUT2D eigenvalue weighted by Gasteiger charge is 2.18. The summed E-state index contributed by atoms with van der Waals surface area (Å²) < 4.78 is 18.5. The zero-order valence-corrected chi connectivity index (χ0v) is 15.4. The van der Waals surface area contributed by atoms with Crippen LogP contribution in [-0.2, 0) is 0 Å². The molecule has 0 unspecified atom stereocenters. The first-order valence-electron chi connectivity index (χ1n) is 7.32. The molecule has 1 heterocycles. The minimum atomic E-state index is 0.464. The van der Waals surface area contributed by atoms with Crippen LogP contribution in [0.1, 0.15) is 0 Å². The van der Waals surface area contributed by atoms with Gasteiger partial charge >= 0.3 is 0 Å². The van der Waals surface area contributed by atoms with Gasteiger partial charge in [0.1, 0.15) is 0 Å². The van der Waals surface area contributed by atoms with Gasteiger partial charge in [-0.2, -0.15) is 5.10 Å². The zero-order chi connectivity index (χ0) is 18.0. The molecule has 130 valence electrons. The van der Waals surface area contributed by atoms with Crippen molar-refractivity contribution >= 4 is 23.8 Å². The minimum Gasteiger partial charge on any atom is -0.493 e. The molecule has 0 aliphatic rings. The fourth-order valence-corrected chi connectivity index (χ4v) is 2.89. The maximum atomic E-state index is 5.98. The number of methoxy groups -OCH3 is 3. The van der Waals surface area contributed by atoms with Crippen LogP contribution in [0.5, 0.6) is 17.2 Å². The molecule has 3 aromatic rings. The van der Waals surface area contributed by atoms with Crippen molar-refractivity contribution in [2.45, 2.75) is 0 Å². The maximum absolute atomic E-state index is 5.98. The summed E-state index contributed by atoms with van der Waals surface area (Å²) in [7, 11) is 4.69. The lowest BCUT2D eigenvalue weighted by atomic mass is 10.1. The Morgan fingerprint density at radius 2 is 1.60 bits per heavy atom. The van der Waals surface area contributed by atoms with Crippen molar-refractivity contribution in [3.05, 3.63) is 46.2 Å². The molecule has 0 radical (unpaired) electrons. The number of aromatic nitrogens is 3. The fourth-order valence-electron chi connectivity index (χ4n) is 2.53. The van der Waals surface area contributed by atoms with E-state index in [1.54, 1.807) is 33.5 Å². The molecule has 2 aromatic carbocycles. The van der Waals surface area contributed by atoms with Gasteiger partial charge in [0.15, 0.2) is 22.1 Å². The molecule has 0 fully saturated rings. The first kappa shape index (κ1) is 17.3. The number of nitrogens with one attached hydrogen (secondary N) is 1. The Morgan fingerprint density at radius 1 is 1.00 bits per heavy atom. The number of halogens is 1. The van der Waals surface area contributed by atoms with Crippen molar-refractivity contribution in [1.82, 2.24) is 14.8 Å². The Balaban J connectivity index is 2.21. The molecule has 1 aromatic heterocycles. The van der Waals surface area contributed by atoms with Crippen molar-refractivity contribution in [3.8, 4) is 34.3 Å². The monoisotopic (exact) mass is 377 g/mol. The first-order valence-corrected chi connectivity index (χ1v) is 8.11. The smallest absolute Gasteiger partial charge is 0.203 e. The van der Waals surface area contributed by atoms with Crippen molar-refractivity contribution in [2.75, 3.05) is 21.3 Å². The molecule has 1 N–H and O–H groups in total. The Labute approximate surface area is 154 Å². The minimum absolute atomic E-state index is 0.464. The second kappa shape index (κ2) is 7.16. The normalized spacial score (nSPS) is 10.6. The van der Waals surface area contributed by atoms with Crippen LogP contribution < -0.4 is 14.2 Å². The molecule has 0 bridgehead atoms. The van der Waals surface area contributed by atoms with Crippen molar-refractivity contribution < 1.29 is 14.2 Å². The lowest BCUT2D eigenvalue weighted by Crippen LogP contribution is -2.00. The van der Waals surface area contributed by atoms with Gasteiger partial charge in [0.25, 0.3) is 0 Å². The van der Waals surface area contributed by atoms with Crippen LogP contribution in [0, 0.1) is 4.77 Å². The highest BCUT2D eigenvalue weighted by Crippen LogP contribution is 2.41. The second-order valence-corrected chi connectivity index (χ2v) is 5.90. The van der Waals surface area contributed by atoms with Gasteiger partial charge in [-0.05, 0) is 48.6 Å². The summed E-state index contributed by atoms with van der Waals surface area (Å²) in [6.07, 6.45) is 0. The topological polar surface area (TPSA) is 61.3 Å². The van der Waals surface area contributed by atoms with Crippen LogP contribution in [0.3, 0.4) is 0 Å². The van der Waals surface area contributed by atoms with Crippen LogP contribution >= 0.6 is 23.8 Å². The van der Waals surface area contributed by atoms with E-state index in [0.29, 0.717) is 32.9 Å². The third-order valence-electron chi connectivity index (χ3n) is 3.68. The van der Waals surface area contributed by atoms with Crippen LogP contribution in [0.4, 0.5) is 0 Å². The van der Waals surface area contributed by atoms with Gasteiger partial charge in [-0.15, -0.1) is 0 Å². The molecule has 0 aliphatic carbocycles. The SMILES string of the molecule is COc1cc(-c2n[nH]c(=S)n2-c2ccc(Cl)cc2)cc(OC)c1OC. The number of hydrogen-bond donors (Lipinski definition) is 1. The van der Waals surface area contributed by atoms with Gasteiger partial charge in [0.2, 0.25) is 5.75 Å². The average Bonchev–Trinajstić information content (AvgIpc) is 3.02. The Hall–Kier alpha value is -2.51. The van der Waals surface area contributed by atoms with E-state index in [9.17, 15) is 0 Å². The summed E-state index contributed by atoms with van der Waals surface area (Å²) in [5, 5.41) is 7.82. The number of benzene rings is 2.